The van der Waals surface area contributed by atoms with Gasteiger partial charge in [0.15, 0.2) is 0 Å². The summed E-state index contributed by atoms with van der Waals surface area (Å²) in [7, 11) is -11.2. The number of para-hydroxylation sites is 2. The number of hydrogen-bond acceptors (Lipinski definition) is 9. The molecule has 0 aliphatic rings. The van der Waals surface area contributed by atoms with Crippen LogP contribution < -0.4 is 9.44 Å². The van der Waals surface area contributed by atoms with Crippen LogP contribution in [0.15, 0.2) is 153 Å². The number of aryl methyl sites for hydroxylation is 4. The lowest BCUT2D eigenvalue weighted by atomic mass is 10.0. The summed E-state index contributed by atoms with van der Waals surface area (Å²) >= 11 is 0.694. The molecular formula is C56H68N2O10S4. The quantitative estimate of drug-likeness (QED) is 0.0315. The Morgan fingerprint density at radius 1 is 0.444 bits per heavy atom. The first-order valence-electron chi connectivity index (χ1n) is 24.8. The molecule has 0 aliphatic heterocycles. The van der Waals surface area contributed by atoms with Gasteiger partial charge in [0, 0.05) is 0 Å². The van der Waals surface area contributed by atoms with E-state index in [1.165, 1.54) is 107 Å². The lowest BCUT2D eigenvalue weighted by molar-refractivity contribution is 0.0686. The van der Waals surface area contributed by atoms with Crippen molar-refractivity contribution in [3.63, 3.8) is 0 Å². The zero-order valence-corrected chi connectivity index (χ0v) is 44.3. The van der Waals surface area contributed by atoms with Gasteiger partial charge in [0.1, 0.15) is 8.42 Å². The average molecular weight is 1060 g/mol. The smallest absolute Gasteiger partial charge is 0.335 e. The Bertz CT molecular complexity index is 2960. The maximum absolute atomic E-state index is 13.1. The normalized spacial score (nSPS) is 11.6. The van der Waals surface area contributed by atoms with Gasteiger partial charge in [-0.2, -0.15) is 0 Å². The highest BCUT2D eigenvalue weighted by molar-refractivity contribution is 7.96. The summed E-state index contributed by atoms with van der Waals surface area (Å²) in [5.41, 5.74) is 5.13. The molecule has 0 fully saturated rings. The van der Waals surface area contributed by atoms with Crippen LogP contribution in [0.25, 0.3) is 0 Å². The van der Waals surface area contributed by atoms with Crippen LogP contribution in [0.1, 0.15) is 140 Å². The molecule has 6 aromatic rings. The standard InChI is InChI=1S/C31H47NO4S.C25H21NO6S3/c1-2-3-4-5-6-7-8-9-10-11-12-13-14-17-26-37(35,36)32-30-19-16-15-18-28(30)23-20-27-21-24-29(25-22-27)31(33)34;27-25(28)20-14-11-18(12-15-20)10-13-19-6-4-5-9-22(19)26-35(31,32)24-17-16-23(33-24)34(29,30)21-7-2-1-3-8-21/h15-16,18-19,21-22,24-25,32H,2-14,17,20,23,26H2,1H3,(H,33,34);1-9,11-12,14-17,26H,10,13H2,(H,27,28). The molecule has 0 atom stereocenters. The monoisotopic (exact) mass is 1060 g/mol. The van der Waals surface area contributed by atoms with E-state index in [9.17, 15) is 34.8 Å². The van der Waals surface area contributed by atoms with Gasteiger partial charge in [0.2, 0.25) is 19.9 Å². The molecular weight excluding hydrogens is 989 g/mol. The van der Waals surface area contributed by atoms with E-state index >= 15 is 0 Å². The van der Waals surface area contributed by atoms with Gasteiger partial charge in [-0.05, 0) is 115 Å². The molecule has 0 amide bonds. The Morgan fingerprint density at radius 2 is 0.847 bits per heavy atom. The fraction of sp³-hybridized carbons (Fsp3) is 0.357. The maximum Gasteiger partial charge on any atom is 0.335 e. The number of nitrogens with one attached hydrogen (secondary N) is 2. The third-order valence-corrected chi connectivity index (χ3v) is 18.8. The minimum atomic E-state index is -4.02. The zero-order valence-electron chi connectivity index (χ0n) is 41.0. The molecule has 1 heterocycles. The van der Waals surface area contributed by atoms with Crippen LogP contribution in [-0.2, 0) is 55.6 Å². The first kappa shape index (κ1) is 57.1. The number of sulfone groups is 1. The molecule has 0 radical (unpaired) electrons. The van der Waals surface area contributed by atoms with Crippen LogP contribution in [0.2, 0.25) is 0 Å². The fourth-order valence-corrected chi connectivity index (χ4v) is 13.6. The van der Waals surface area contributed by atoms with E-state index in [0.717, 1.165) is 35.1 Å². The van der Waals surface area contributed by atoms with Crippen LogP contribution >= 0.6 is 11.3 Å². The van der Waals surface area contributed by atoms with Crippen molar-refractivity contribution in [3.05, 3.63) is 173 Å². The Morgan fingerprint density at radius 3 is 1.31 bits per heavy atom. The topological polar surface area (TPSA) is 201 Å². The Balaban J connectivity index is 0.000000268. The predicted molar refractivity (Wildman–Crippen MR) is 289 cm³/mol. The lowest BCUT2D eigenvalue weighted by Crippen LogP contribution is -2.17. The summed E-state index contributed by atoms with van der Waals surface area (Å²) in [6.45, 7) is 2.26. The molecule has 0 unspecified atom stereocenters. The first-order valence-corrected chi connectivity index (χ1v) is 30.2. The highest BCUT2D eigenvalue weighted by Gasteiger charge is 2.25. The molecule has 0 saturated heterocycles. The summed E-state index contributed by atoms with van der Waals surface area (Å²) in [6.07, 6.45) is 19.9. The van der Waals surface area contributed by atoms with Crippen molar-refractivity contribution in [2.24, 2.45) is 0 Å². The summed E-state index contributed by atoms with van der Waals surface area (Å²) < 4.78 is 82.3. The molecule has 1 aromatic heterocycles. The summed E-state index contributed by atoms with van der Waals surface area (Å²) in [6, 6.07) is 38.3. The second-order valence-corrected chi connectivity index (χ2v) is 24.8. The fourth-order valence-electron chi connectivity index (χ4n) is 8.07. The summed E-state index contributed by atoms with van der Waals surface area (Å²) in [4.78, 5) is 22.1. The number of rotatable bonds is 30. The molecule has 72 heavy (non-hydrogen) atoms. The van der Waals surface area contributed by atoms with Crippen LogP contribution in [-0.4, -0.2) is 53.2 Å². The van der Waals surface area contributed by atoms with Gasteiger partial charge in [-0.1, -0.05) is 169 Å². The Labute approximate surface area is 431 Å². The van der Waals surface area contributed by atoms with Crippen molar-refractivity contribution < 1.29 is 45.1 Å². The number of hydrogen-bond donors (Lipinski definition) is 4. The largest absolute Gasteiger partial charge is 0.478 e. The van der Waals surface area contributed by atoms with Gasteiger partial charge in [-0.25, -0.2) is 34.8 Å². The molecule has 0 spiro atoms. The average Bonchev–Trinajstić information content (AvgIpc) is 3.90. The molecule has 0 saturated carbocycles. The second kappa shape index (κ2) is 29.0. The number of benzene rings is 5. The number of sulfonamides is 2. The number of unbranched alkanes of at least 4 members (excludes halogenated alkanes) is 13. The molecule has 6 rings (SSSR count). The molecule has 0 aliphatic carbocycles. The van der Waals surface area contributed by atoms with Gasteiger partial charge in [0.05, 0.1) is 33.2 Å². The Hall–Kier alpha value is -5.81. The maximum atomic E-state index is 13.1. The van der Waals surface area contributed by atoms with Crippen LogP contribution in [0.4, 0.5) is 11.4 Å². The van der Waals surface area contributed by atoms with Crippen molar-refractivity contribution in [1.29, 1.82) is 0 Å². The minimum Gasteiger partial charge on any atom is -0.478 e. The minimum absolute atomic E-state index is 0.0535. The molecule has 12 nitrogen and oxygen atoms in total. The number of anilines is 2. The number of carboxylic acids is 2. The Kier molecular flexibility index (Phi) is 23.0. The molecule has 16 heteroatoms. The van der Waals surface area contributed by atoms with Crippen molar-refractivity contribution in [2.45, 2.75) is 136 Å². The summed E-state index contributed by atoms with van der Waals surface area (Å²) in [5, 5.41) is 18.1. The van der Waals surface area contributed by atoms with Crippen LogP contribution in [0.3, 0.4) is 0 Å². The number of carbonyl (C=O) groups is 2. The molecule has 5 aromatic carbocycles. The number of carboxylic acid groups (broad SMARTS) is 2. The van der Waals surface area contributed by atoms with Gasteiger partial charge in [0.25, 0.3) is 10.0 Å². The number of thiophene rings is 1. The van der Waals surface area contributed by atoms with Gasteiger partial charge >= 0.3 is 11.9 Å². The zero-order chi connectivity index (χ0) is 51.8. The van der Waals surface area contributed by atoms with Crippen LogP contribution in [0.5, 0.6) is 0 Å². The van der Waals surface area contributed by atoms with Gasteiger partial charge in [-0.3, -0.25) is 9.44 Å². The lowest BCUT2D eigenvalue weighted by Gasteiger charge is -2.13. The molecule has 0 bridgehead atoms. The van der Waals surface area contributed by atoms with Gasteiger partial charge < -0.3 is 10.2 Å². The van der Waals surface area contributed by atoms with Crippen molar-refractivity contribution in [2.75, 3.05) is 15.2 Å². The third kappa shape index (κ3) is 19.0. The molecule has 386 valence electrons. The number of aromatic carboxylic acids is 2. The highest BCUT2D eigenvalue weighted by Crippen LogP contribution is 2.32. The highest BCUT2D eigenvalue weighted by atomic mass is 32.3. The van der Waals surface area contributed by atoms with E-state index < -0.39 is 41.8 Å². The van der Waals surface area contributed by atoms with E-state index in [1.807, 2.05) is 42.5 Å². The van der Waals surface area contributed by atoms with Crippen molar-refractivity contribution in [1.82, 2.24) is 0 Å². The van der Waals surface area contributed by atoms with E-state index in [0.29, 0.717) is 54.8 Å². The first-order chi connectivity index (χ1) is 34.6. The predicted octanol–water partition coefficient (Wildman–Crippen LogP) is 13.3. The van der Waals surface area contributed by atoms with Gasteiger partial charge in [-0.15, -0.1) is 11.3 Å². The van der Waals surface area contributed by atoms with Crippen LogP contribution in [0, 0.1) is 0 Å². The summed E-state index contributed by atoms with van der Waals surface area (Å²) in [5.74, 6) is -1.79. The van der Waals surface area contributed by atoms with Crippen molar-refractivity contribution in [3.8, 4) is 0 Å². The SMILES string of the molecule is CCCCCCCCCCCCCCCCS(=O)(=O)Nc1ccccc1CCc1ccc(C(=O)O)cc1.O=C(O)c1ccc(CCc2ccccc2NS(=O)(=O)c2ccc(S(=O)(=O)c3ccccc3)s2)cc1. The van der Waals surface area contributed by atoms with E-state index in [1.54, 1.807) is 60.7 Å². The van der Waals surface area contributed by atoms with E-state index in [4.69, 9.17) is 10.2 Å². The van der Waals surface area contributed by atoms with E-state index in [-0.39, 0.29) is 30.2 Å². The third-order valence-electron chi connectivity index (χ3n) is 12.2. The van der Waals surface area contributed by atoms with Crippen molar-refractivity contribution >= 4 is 64.5 Å². The molecule has 4 N–H and O–H groups in total. The van der Waals surface area contributed by atoms with E-state index in [2.05, 4.69) is 16.4 Å². The second-order valence-electron chi connectivity index (χ2n) is 17.8.